The fourth-order valence-corrected chi connectivity index (χ4v) is 2.28. The molecule has 1 saturated heterocycles. The zero-order valence-electron chi connectivity index (χ0n) is 11.2. The molecule has 0 spiro atoms. The number of rotatable bonds is 3. The van der Waals surface area contributed by atoms with Crippen LogP contribution in [-0.2, 0) is 4.79 Å². The van der Waals surface area contributed by atoms with E-state index in [0.29, 0.717) is 25.2 Å². The summed E-state index contributed by atoms with van der Waals surface area (Å²) in [5.74, 6) is -0.544. The van der Waals surface area contributed by atoms with E-state index in [1.54, 1.807) is 4.90 Å². The first kappa shape index (κ1) is 14.3. The van der Waals surface area contributed by atoms with Crippen molar-refractivity contribution >= 4 is 11.8 Å². The summed E-state index contributed by atoms with van der Waals surface area (Å²) in [6, 6.07) is 1.40. The maximum atomic E-state index is 12.3. The van der Waals surface area contributed by atoms with Crippen molar-refractivity contribution in [3.63, 3.8) is 0 Å². The number of pyridine rings is 1. The third kappa shape index (κ3) is 3.67. The van der Waals surface area contributed by atoms with Gasteiger partial charge in [-0.25, -0.2) is 0 Å². The number of aromatic nitrogens is 1. The average molecular weight is 278 g/mol. The molecule has 1 fully saturated rings. The molecule has 0 bridgehead atoms. The molecule has 7 heteroatoms. The van der Waals surface area contributed by atoms with E-state index in [1.165, 1.54) is 18.5 Å². The van der Waals surface area contributed by atoms with Gasteiger partial charge < -0.3 is 15.7 Å². The molecule has 3 N–H and O–H groups in total. The monoisotopic (exact) mass is 278 g/mol. The Labute approximate surface area is 117 Å². The smallest absolute Gasteiger partial charge is 0.255 e. The molecule has 2 rings (SSSR count). The Hall–Kier alpha value is -2.15. The van der Waals surface area contributed by atoms with Crippen LogP contribution in [0.2, 0.25) is 0 Å². The number of nitrogens with zero attached hydrogens (tertiary/aromatic N) is 3. The van der Waals surface area contributed by atoms with Gasteiger partial charge in [0, 0.05) is 32.4 Å². The Morgan fingerprint density at radius 1 is 1.25 bits per heavy atom. The standard InChI is InChI=1S/C13H18N4O3/c14-12(19)9-16-2-1-3-17(5-4-16)13(20)10-6-11(18)8-15-7-10/h6-8,18H,1-5,9H2,(H2,14,19). The Morgan fingerprint density at radius 3 is 2.75 bits per heavy atom. The topological polar surface area (TPSA) is 99.8 Å². The molecule has 1 aliphatic heterocycles. The number of hydrogen-bond acceptors (Lipinski definition) is 5. The highest BCUT2D eigenvalue weighted by Gasteiger charge is 2.21. The van der Waals surface area contributed by atoms with Crippen LogP contribution in [-0.4, -0.2) is 64.4 Å². The SMILES string of the molecule is NC(=O)CN1CCCN(C(=O)c2cncc(O)c2)CC1. The van der Waals surface area contributed by atoms with Crippen LogP contribution in [0, 0.1) is 0 Å². The average Bonchev–Trinajstić information content (AvgIpc) is 2.63. The van der Waals surface area contributed by atoms with E-state index in [0.717, 1.165) is 13.0 Å². The molecule has 1 aromatic rings. The third-order valence-electron chi connectivity index (χ3n) is 3.23. The van der Waals surface area contributed by atoms with Crippen molar-refractivity contribution < 1.29 is 14.7 Å². The molecule has 7 nitrogen and oxygen atoms in total. The number of carbonyl (C=O) groups excluding carboxylic acids is 2. The van der Waals surface area contributed by atoms with Gasteiger partial charge in [0.15, 0.2) is 0 Å². The van der Waals surface area contributed by atoms with Gasteiger partial charge in [-0.2, -0.15) is 0 Å². The van der Waals surface area contributed by atoms with Crippen molar-refractivity contribution in [3.8, 4) is 5.75 Å². The molecule has 20 heavy (non-hydrogen) atoms. The van der Waals surface area contributed by atoms with Gasteiger partial charge in [-0.15, -0.1) is 0 Å². The summed E-state index contributed by atoms with van der Waals surface area (Å²) >= 11 is 0. The molecule has 2 amide bonds. The summed E-state index contributed by atoms with van der Waals surface area (Å²) in [5.41, 5.74) is 5.55. The molecule has 2 heterocycles. The third-order valence-corrected chi connectivity index (χ3v) is 3.23. The summed E-state index contributed by atoms with van der Waals surface area (Å²) in [4.78, 5) is 30.7. The van der Waals surface area contributed by atoms with Gasteiger partial charge in [-0.05, 0) is 12.5 Å². The predicted molar refractivity (Wildman–Crippen MR) is 72.1 cm³/mol. The summed E-state index contributed by atoms with van der Waals surface area (Å²) in [6.45, 7) is 2.72. The molecule has 0 unspecified atom stereocenters. The number of primary amides is 1. The van der Waals surface area contributed by atoms with Gasteiger partial charge in [0.25, 0.3) is 5.91 Å². The van der Waals surface area contributed by atoms with Crippen LogP contribution < -0.4 is 5.73 Å². The Balaban J connectivity index is 1.99. The van der Waals surface area contributed by atoms with Crippen LogP contribution in [0.25, 0.3) is 0 Å². The van der Waals surface area contributed by atoms with Crippen molar-refractivity contribution in [3.05, 3.63) is 24.0 Å². The number of carbonyl (C=O) groups is 2. The number of aromatic hydroxyl groups is 1. The number of amides is 2. The fraction of sp³-hybridized carbons (Fsp3) is 0.462. The molecule has 1 aliphatic rings. The second-order valence-corrected chi connectivity index (χ2v) is 4.82. The molecular formula is C13H18N4O3. The minimum atomic E-state index is -0.359. The second-order valence-electron chi connectivity index (χ2n) is 4.82. The highest BCUT2D eigenvalue weighted by Crippen LogP contribution is 2.12. The quantitative estimate of drug-likeness (QED) is 0.770. The van der Waals surface area contributed by atoms with Gasteiger partial charge in [-0.1, -0.05) is 0 Å². The van der Waals surface area contributed by atoms with Gasteiger partial charge in [0.1, 0.15) is 5.75 Å². The zero-order chi connectivity index (χ0) is 14.5. The highest BCUT2D eigenvalue weighted by molar-refractivity contribution is 5.94. The van der Waals surface area contributed by atoms with Crippen molar-refractivity contribution in [1.29, 1.82) is 0 Å². The maximum Gasteiger partial charge on any atom is 0.255 e. The van der Waals surface area contributed by atoms with E-state index in [2.05, 4.69) is 4.98 Å². The van der Waals surface area contributed by atoms with Crippen LogP contribution in [0.15, 0.2) is 18.5 Å². The van der Waals surface area contributed by atoms with E-state index in [9.17, 15) is 14.7 Å². The van der Waals surface area contributed by atoms with Crippen molar-refractivity contribution in [2.24, 2.45) is 5.73 Å². The zero-order valence-corrected chi connectivity index (χ0v) is 11.2. The molecule has 1 aromatic heterocycles. The van der Waals surface area contributed by atoms with E-state index in [-0.39, 0.29) is 24.1 Å². The van der Waals surface area contributed by atoms with Crippen LogP contribution >= 0.6 is 0 Å². The molecule has 0 aliphatic carbocycles. The minimum absolute atomic E-state index is 0.0268. The van der Waals surface area contributed by atoms with Crippen LogP contribution in [0.3, 0.4) is 0 Å². The van der Waals surface area contributed by atoms with E-state index < -0.39 is 0 Å². The lowest BCUT2D eigenvalue weighted by Gasteiger charge is -2.21. The summed E-state index contributed by atoms with van der Waals surface area (Å²) in [6.07, 6.45) is 3.51. The first-order valence-electron chi connectivity index (χ1n) is 6.50. The molecular weight excluding hydrogens is 260 g/mol. The highest BCUT2D eigenvalue weighted by atomic mass is 16.3. The largest absolute Gasteiger partial charge is 0.506 e. The summed E-state index contributed by atoms with van der Waals surface area (Å²) in [7, 11) is 0. The Bertz CT molecular complexity index is 506. The van der Waals surface area contributed by atoms with Gasteiger partial charge >= 0.3 is 0 Å². The van der Waals surface area contributed by atoms with Crippen molar-refractivity contribution in [2.45, 2.75) is 6.42 Å². The fourth-order valence-electron chi connectivity index (χ4n) is 2.28. The maximum absolute atomic E-state index is 12.3. The summed E-state index contributed by atoms with van der Waals surface area (Å²) < 4.78 is 0. The van der Waals surface area contributed by atoms with Crippen molar-refractivity contribution in [1.82, 2.24) is 14.8 Å². The summed E-state index contributed by atoms with van der Waals surface area (Å²) in [5, 5.41) is 9.36. The van der Waals surface area contributed by atoms with Crippen LogP contribution in [0.5, 0.6) is 5.75 Å². The van der Waals surface area contributed by atoms with E-state index in [4.69, 9.17) is 5.73 Å². The Kier molecular flexibility index (Phi) is 4.52. The van der Waals surface area contributed by atoms with E-state index >= 15 is 0 Å². The minimum Gasteiger partial charge on any atom is -0.506 e. The normalized spacial score (nSPS) is 16.7. The molecule has 0 radical (unpaired) electrons. The second kappa shape index (κ2) is 6.33. The molecule has 108 valence electrons. The van der Waals surface area contributed by atoms with Crippen LogP contribution in [0.1, 0.15) is 16.8 Å². The first-order chi connectivity index (χ1) is 9.56. The molecule has 0 aromatic carbocycles. The molecule has 0 atom stereocenters. The van der Waals surface area contributed by atoms with Gasteiger partial charge in [0.2, 0.25) is 5.91 Å². The lowest BCUT2D eigenvalue weighted by atomic mass is 10.2. The number of hydrogen-bond donors (Lipinski definition) is 2. The number of nitrogens with two attached hydrogens (primary N) is 1. The Morgan fingerprint density at radius 2 is 2.05 bits per heavy atom. The molecule has 0 saturated carbocycles. The first-order valence-corrected chi connectivity index (χ1v) is 6.50. The lowest BCUT2D eigenvalue weighted by Crippen LogP contribution is -2.38. The van der Waals surface area contributed by atoms with E-state index in [1.807, 2.05) is 4.90 Å². The predicted octanol–water partition coefficient (Wildman–Crippen LogP) is -0.580. The van der Waals surface area contributed by atoms with Crippen LogP contribution in [0.4, 0.5) is 0 Å². The van der Waals surface area contributed by atoms with Gasteiger partial charge in [0.05, 0.1) is 18.3 Å². The van der Waals surface area contributed by atoms with Crippen molar-refractivity contribution in [2.75, 3.05) is 32.7 Å². The van der Waals surface area contributed by atoms with Gasteiger partial charge in [-0.3, -0.25) is 19.5 Å². The lowest BCUT2D eigenvalue weighted by molar-refractivity contribution is -0.119.